The van der Waals surface area contributed by atoms with Crippen molar-refractivity contribution in [1.29, 1.82) is 0 Å². The first kappa shape index (κ1) is 8.68. The third-order valence-corrected chi connectivity index (χ3v) is 3.09. The molecule has 0 fully saturated rings. The zero-order chi connectivity index (χ0) is 10.4. The van der Waals surface area contributed by atoms with E-state index in [0.717, 1.165) is 11.5 Å². The largest absolute Gasteiger partial charge is 0.344 e. The maximum atomic E-state index is 5.58. The van der Waals surface area contributed by atoms with Crippen LogP contribution < -0.4 is 5.73 Å². The van der Waals surface area contributed by atoms with E-state index in [1.54, 1.807) is 0 Å². The molecule has 1 atom stereocenters. The minimum atomic E-state index is 0.406. The second-order valence-corrected chi connectivity index (χ2v) is 3.96. The topological polar surface area (TPSA) is 54.7 Å². The highest BCUT2D eigenvalue weighted by atomic mass is 15.0. The SMILES string of the molecule is CC1c2ccccc2-c2nc(CN)[nH]c21. The lowest BCUT2D eigenvalue weighted by Gasteiger charge is -2.04. The molecule has 0 spiro atoms. The summed E-state index contributed by atoms with van der Waals surface area (Å²) in [4.78, 5) is 7.82. The van der Waals surface area contributed by atoms with E-state index >= 15 is 0 Å². The van der Waals surface area contributed by atoms with Crippen molar-refractivity contribution in [3.05, 3.63) is 41.3 Å². The first-order valence-corrected chi connectivity index (χ1v) is 5.19. The van der Waals surface area contributed by atoms with Crippen LogP contribution in [0.2, 0.25) is 0 Å². The van der Waals surface area contributed by atoms with Gasteiger partial charge in [0.2, 0.25) is 0 Å². The van der Waals surface area contributed by atoms with Crippen molar-refractivity contribution in [1.82, 2.24) is 9.97 Å². The Balaban J connectivity index is 2.25. The third kappa shape index (κ3) is 1.07. The summed E-state index contributed by atoms with van der Waals surface area (Å²) in [6, 6.07) is 8.42. The van der Waals surface area contributed by atoms with E-state index in [1.165, 1.54) is 16.8 Å². The highest BCUT2D eigenvalue weighted by molar-refractivity contribution is 5.74. The Hall–Kier alpha value is -1.61. The van der Waals surface area contributed by atoms with Crippen LogP contribution in [0.15, 0.2) is 24.3 Å². The van der Waals surface area contributed by atoms with E-state index in [-0.39, 0.29) is 0 Å². The molecule has 1 aliphatic rings. The van der Waals surface area contributed by atoms with Gasteiger partial charge in [-0.05, 0) is 5.56 Å². The molecule has 0 amide bonds. The summed E-state index contributed by atoms with van der Waals surface area (Å²) < 4.78 is 0. The first-order valence-electron chi connectivity index (χ1n) is 5.19. The van der Waals surface area contributed by atoms with Crippen LogP contribution in [-0.2, 0) is 6.54 Å². The standard InChI is InChI=1S/C12H13N3/c1-7-8-4-2-3-5-9(8)12-11(7)14-10(6-13)15-12/h2-5,7H,6,13H2,1H3,(H,14,15). The molecule has 0 saturated heterocycles. The predicted octanol–water partition coefficient (Wildman–Crippen LogP) is 2.00. The number of hydrogen-bond donors (Lipinski definition) is 2. The molecule has 3 nitrogen and oxygen atoms in total. The summed E-state index contributed by atoms with van der Waals surface area (Å²) in [5.41, 5.74) is 10.5. The second-order valence-electron chi connectivity index (χ2n) is 3.96. The summed E-state index contributed by atoms with van der Waals surface area (Å²) in [6.45, 7) is 2.67. The maximum absolute atomic E-state index is 5.58. The molecule has 15 heavy (non-hydrogen) atoms. The van der Waals surface area contributed by atoms with Crippen LogP contribution in [0.25, 0.3) is 11.3 Å². The quantitative estimate of drug-likeness (QED) is 0.738. The Morgan fingerprint density at radius 3 is 3.00 bits per heavy atom. The molecule has 3 N–H and O–H groups in total. The number of aromatic amines is 1. The summed E-state index contributed by atoms with van der Waals surface area (Å²) in [5, 5.41) is 0. The molecule has 1 aromatic heterocycles. The minimum absolute atomic E-state index is 0.406. The Kier molecular flexibility index (Phi) is 1.70. The normalized spacial score (nSPS) is 17.6. The molecule has 0 bridgehead atoms. The van der Waals surface area contributed by atoms with E-state index in [4.69, 9.17) is 5.73 Å². The molecule has 1 heterocycles. The molecule has 2 aromatic rings. The van der Waals surface area contributed by atoms with Gasteiger partial charge in [0.15, 0.2) is 0 Å². The molecule has 76 valence electrons. The van der Waals surface area contributed by atoms with Crippen LogP contribution in [-0.4, -0.2) is 9.97 Å². The number of nitrogens with two attached hydrogens (primary N) is 1. The number of nitrogens with zero attached hydrogens (tertiary/aromatic N) is 1. The van der Waals surface area contributed by atoms with Crippen LogP contribution in [0.3, 0.4) is 0 Å². The Labute approximate surface area is 88.3 Å². The van der Waals surface area contributed by atoms with Gasteiger partial charge >= 0.3 is 0 Å². The number of nitrogens with one attached hydrogen (secondary N) is 1. The van der Waals surface area contributed by atoms with Gasteiger partial charge in [-0.2, -0.15) is 0 Å². The van der Waals surface area contributed by atoms with Crippen LogP contribution in [0.5, 0.6) is 0 Å². The second kappa shape index (κ2) is 2.94. The molecule has 3 heteroatoms. The van der Waals surface area contributed by atoms with E-state index in [9.17, 15) is 0 Å². The smallest absolute Gasteiger partial charge is 0.120 e. The lowest BCUT2D eigenvalue weighted by Crippen LogP contribution is -2.00. The number of aromatic nitrogens is 2. The van der Waals surface area contributed by atoms with Gasteiger partial charge < -0.3 is 10.7 Å². The monoisotopic (exact) mass is 199 g/mol. The van der Waals surface area contributed by atoms with Crippen LogP contribution in [0.1, 0.15) is 29.9 Å². The van der Waals surface area contributed by atoms with Crippen molar-refractivity contribution < 1.29 is 0 Å². The van der Waals surface area contributed by atoms with Gasteiger partial charge in [0.25, 0.3) is 0 Å². The maximum Gasteiger partial charge on any atom is 0.120 e. The molecule has 1 aliphatic carbocycles. The number of rotatable bonds is 1. The van der Waals surface area contributed by atoms with Gasteiger partial charge in [-0.1, -0.05) is 31.2 Å². The van der Waals surface area contributed by atoms with Gasteiger partial charge in [-0.15, -0.1) is 0 Å². The molecular weight excluding hydrogens is 186 g/mol. The number of H-pyrrole nitrogens is 1. The fraction of sp³-hybridized carbons (Fsp3) is 0.250. The van der Waals surface area contributed by atoms with Crippen LogP contribution in [0, 0.1) is 0 Å². The van der Waals surface area contributed by atoms with E-state index in [2.05, 4.69) is 41.2 Å². The summed E-state index contributed by atoms with van der Waals surface area (Å²) in [5.74, 6) is 1.28. The van der Waals surface area contributed by atoms with Crippen molar-refractivity contribution in [2.45, 2.75) is 19.4 Å². The molecule has 3 rings (SSSR count). The fourth-order valence-electron chi connectivity index (χ4n) is 2.30. The first-order chi connectivity index (χ1) is 7.31. The van der Waals surface area contributed by atoms with Crippen molar-refractivity contribution in [3.63, 3.8) is 0 Å². The van der Waals surface area contributed by atoms with Crippen molar-refractivity contribution in [2.75, 3.05) is 0 Å². The summed E-state index contributed by atoms with van der Waals surface area (Å²) in [7, 11) is 0. The van der Waals surface area contributed by atoms with E-state index < -0.39 is 0 Å². The minimum Gasteiger partial charge on any atom is -0.344 e. The van der Waals surface area contributed by atoms with Gasteiger partial charge in [0.1, 0.15) is 5.82 Å². The molecule has 0 aliphatic heterocycles. The molecular formula is C12H13N3. The Bertz CT molecular complexity index is 513. The zero-order valence-corrected chi connectivity index (χ0v) is 8.62. The van der Waals surface area contributed by atoms with E-state index in [0.29, 0.717) is 12.5 Å². The van der Waals surface area contributed by atoms with Gasteiger partial charge in [0, 0.05) is 11.5 Å². The highest BCUT2D eigenvalue weighted by Crippen LogP contribution is 2.42. The average Bonchev–Trinajstić information content (AvgIpc) is 2.80. The number of benzene rings is 1. The van der Waals surface area contributed by atoms with E-state index in [1.807, 2.05) is 0 Å². The van der Waals surface area contributed by atoms with Crippen molar-refractivity contribution in [2.24, 2.45) is 5.73 Å². The van der Waals surface area contributed by atoms with Crippen LogP contribution in [0.4, 0.5) is 0 Å². The molecule has 0 saturated carbocycles. The Morgan fingerprint density at radius 2 is 2.20 bits per heavy atom. The van der Waals surface area contributed by atoms with Gasteiger partial charge in [0.05, 0.1) is 17.9 Å². The van der Waals surface area contributed by atoms with Crippen LogP contribution >= 0.6 is 0 Å². The average molecular weight is 199 g/mol. The molecule has 1 aromatic carbocycles. The summed E-state index contributed by atoms with van der Waals surface area (Å²) >= 11 is 0. The summed E-state index contributed by atoms with van der Waals surface area (Å²) in [6.07, 6.45) is 0. The number of hydrogen-bond acceptors (Lipinski definition) is 2. The zero-order valence-electron chi connectivity index (χ0n) is 8.62. The number of imidazole rings is 1. The van der Waals surface area contributed by atoms with Crippen molar-refractivity contribution in [3.8, 4) is 11.3 Å². The third-order valence-electron chi connectivity index (χ3n) is 3.09. The molecule has 1 unspecified atom stereocenters. The van der Waals surface area contributed by atoms with Crippen molar-refractivity contribution >= 4 is 0 Å². The lowest BCUT2D eigenvalue weighted by molar-refractivity contribution is 0.875. The Morgan fingerprint density at radius 1 is 1.40 bits per heavy atom. The van der Waals surface area contributed by atoms with Gasteiger partial charge in [-0.25, -0.2) is 4.98 Å². The predicted molar refractivity (Wildman–Crippen MR) is 59.4 cm³/mol. The molecule has 0 radical (unpaired) electrons. The van der Waals surface area contributed by atoms with Gasteiger partial charge in [-0.3, -0.25) is 0 Å². The fourth-order valence-corrected chi connectivity index (χ4v) is 2.30. The number of fused-ring (bicyclic) bond motifs is 3. The highest BCUT2D eigenvalue weighted by Gasteiger charge is 2.28. The lowest BCUT2D eigenvalue weighted by atomic mass is 10.0.